The van der Waals surface area contributed by atoms with Crippen molar-refractivity contribution >= 4 is 0 Å². The van der Waals surface area contributed by atoms with Gasteiger partial charge in [-0.25, -0.2) is 0 Å². The lowest BCUT2D eigenvalue weighted by Crippen LogP contribution is -1.97. The molecule has 0 radical (unpaired) electrons. The van der Waals surface area contributed by atoms with Crippen LogP contribution in [-0.4, -0.2) is 5.16 Å². The van der Waals surface area contributed by atoms with Crippen molar-refractivity contribution in [1.29, 1.82) is 5.26 Å². The van der Waals surface area contributed by atoms with Gasteiger partial charge in [-0.3, -0.25) is 0 Å². The Kier molecular flexibility index (Phi) is 3.66. The van der Waals surface area contributed by atoms with Crippen LogP contribution >= 0.6 is 0 Å². The average molecular weight is 276 g/mol. The minimum Gasteiger partial charge on any atom is -0.486 e. The summed E-state index contributed by atoms with van der Waals surface area (Å²) in [6.07, 6.45) is 0. The van der Waals surface area contributed by atoms with Gasteiger partial charge in [0, 0.05) is 11.6 Å². The Balaban J connectivity index is 1.72. The first-order valence-electron chi connectivity index (χ1n) is 6.50. The molecule has 0 saturated heterocycles. The van der Waals surface area contributed by atoms with E-state index in [-0.39, 0.29) is 6.61 Å². The van der Waals surface area contributed by atoms with Gasteiger partial charge in [0.1, 0.15) is 24.1 Å². The van der Waals surface area contributed by atoms with Crippen molar-refractivity contribution in [2.45, 2.75) is 6.61 Å². The Bertz CT molecular complexity index is 773. The molecule has 0 unspecified atom stereocenters. The van der Waals surface area contributed by atoms with Crippen molar-refractivity contribution in [1.82, 2.24) is 5.16 Å². The molecule has 0 aliphatic carbocycles. The van der Waals surface area contributed by atoms with E-state index in [4.69, 9.17) is 14.5 Å². The number of ether oxygens (including phenoxy) is 1. The number of benzene rings is 2. The third-order valence-electron chi connectivity index (χ3n) is 3.00. The highest BCUT2D eigenvalue weighted by Crippen LogP contribution is 2.22. The molecule has 0 aliphatic heterocycles. The predicted octanol–water partition coefficient (Wildman–Crippen LogP) is 3.79. The van der Waals surface area contributed by atoms with Gasteiger partial charge in [-0.1, -0.05) is 47.6 Å². The molecule has 21 heavy (non-hydrogen) atoms. The van der Waals surface area contributed by atoms with E-state index in [9.17, 15) is 0 Å². The first-order valence-corrected chi connectivity index (χ1v) is 6.50. The first-order chi connectivity index (χ1) is 10.4. The van der Waals surface area contributed by atoms with Crippen LogP contribution in [0.5, 0.6) is 5.75 Å². The molecule has 1 heterocycles. The summed E-state index contributed by atoms with van der Waals surface area (Å²) < 4.78 is 10.9. The average Bonchev–Trinajstić information content (AvgIpc) is 3.03. The second-order valence-corrected chi connectivity index (χ2v) is 4.45. The number of rotatable bonds is 4. The molecule has 0 N–H and O–H groups in total. The van der Waals surface area contributed by atoms with E-state index in [1.54, 1.807) is 18.2 Å². The standard InChI is InChI=1S/C17H12N2O2/c18-11-14-8-4-5-9-16(14)20-12-15-10-17(21-19-15)13-6-2-1-3-7-13/h1-10H,12H2. The molecule has 0 fully saturated rings. The summed E-state index contributed by atoms with van der Waals surface area (Å²) in [7, 11) is 0. The molecule has 2 aromatic carbocycles. The Morgan fingerprint density at radius 3 is 2.62 bits per heavy atom. The highest BCUT2D eigenvalue weighted by molar-refractivity contribution is 5.56. The van der Waals surface area contributed by atoms with Crippen LogP contribution < -0.4 is 4.74 Å². The summed E-state index contributed by atoms with van der Waals surface area (Å²) in [4.78, 5) is 0. The maximum absolute atomic E-state index is 9.00. The van der Waals surface area contributed by atoms with Crippen LogP contribution in [0.25, 0.3) is 11.3 Å². The van der Waals surface area contributed by atoms with Gasteiger partial charge in [0.05, 0.1) is 5.56 Å². The molecule has 4 nitrogen and oxygen atoms in total. The third kappa shape index (κ3) is 2.93. The monoisotopic (exact) mass is 276 g/mol. The summed E-state index contributed by atoms with van der Waals surface area (Å²) >= 11 is 0. The number of nitrogens with zero attached hydrogens (tertiary/aromatic N) is 2. The normalized spacial score (nSPS) is 10.0. The number of nitriles is 1. The maximum Gasteiger partial charge on any atom is 0.167 e. The summed E-state index contributed by atoms with van der Waals surface area (Å²) in [6.45, 7) is 0.259. The lowest BCUT2D eigenvalue weighted by Gasteiger charge is -2.04. The number of hydrogen-bond acceptors (Lipinski definition) is 4. The second-order valence-electron chi connectivity index (χ2n) is 4.45. The molecular weight excluding hydrogens is 264 g/mol. The van der Waals surface area contributed by atoms with E-state index in [0.717, 1.165) is 5.56 Å². The Morgan fingerprint density at radius 2 is 1.81 bits per heavy atom. The molecule has 1 aromatic heterocycles. The van der Waals surface area contributed by atoms with Crippen LogP contribution in [0.3, 0.4) is 0 Å². The van der Waals surface area contributed by atoms with Gasteiger partial charge >= 0.3 is 0 Å². The van der Waals surface area contributed by atoms with Crippen molar-refractivity contribution in [3.63, 3.8) is 0 Å². The number of aromatic nitrogens is 1. The van der Waals surface area contributed by atoms with Crippen molar-refractivity contribution in [2.75, 3.05) is 0 Å². The summed E-state index contributed by atoms with van der Waals surface area (Å²) in [5, 5.41) is 13.0. The largest absolute Gasteiger partial charge is 0.486 e. The molecule has 3 aromatic rings. The van der Waals surface area contributed by atoms with E-state index in [0.29, 0.717) is 22.8 Å². The third-order valence-corrected chi connectivity index (χ3v) is 3.00. The molecule has 0 spiro atoms. The minimum atomic E-state index is 0.259. The zero-order valence-corrected chi connectivity index (χ0v) is 11.2. The summed E-state index contributed by atoms with van der Waals surface area (Å²) in [6, 6.07) is 20.8. The van der Waals surface area contributed by atoms with Crippen LogP contribution in [0.15, 0.2) is 65.2 Å². The van der Waals surface area contributed by atoms with Crippen molar-refractivity contribution < 1.29 is 9.26 Å². The SMILES string of the molecule is N#Cc1ccccc1OCc1cc(-c2ccccc2)on1. The molecule has 3 rings (SSSR count). The van der Waals surface area contributed by atoms with Crippen LogP contribution in [0, 0.1) is 11.3 Å². The number of hydrogen-bond donors (Lipinski definition) is 0. The quantitative estimate of drug-likeness (QED) is 0.727. The van der Waals surface area contributed by atoms with Crippen molar-refractivity contribution in [3.8, 4) is 23.1 Å². The summed E-state index contributed by atoms with van der Waals surface area (Å²) in [5.74, 6) is 1.24. The zero-order chi connectivity index (χ0) is 14.5. The highest BCUT2D eigenvalue weighted by Gasteiger charge is 2.08. The van der Waals surface area contributed by atoms with Gasteiger partial charge in [0.2, 0.25) is 0 Å². The molecule has 0 bridgehead atoms. The molecule has 102 valence electrons. The Labute approximate surface area is 122 Å². The smallest absolute Gasteiger partial charge is 0.167 e. The van der Waals surface area contributed by atoms with Crippen molar-refractivity contribution in [3.05, 3.63) is 71.9 Å². The van der Waals surface area contributed by atoms with Crippen LogP contribution in [0.4, 0.5) is 0 Å². The van der Waals surface area contributed by atoms with E-state index < -0.39 is 0 Å². The first kappa shape index (κ1) is 12.9. The number of para-hydroxylation sites is 1. The molecule has 0 saturated carbocycles. The van der Waals surface area contributed by atoms with Gasteiger partial charge in [0.15, 0.2) is 5.76 Å². The topological polar surface area (TPSA) is 59.0 Å². The van der Waals surface area contributed by atoms with E-state index in [1.807, 2.05) is 42.5 Å². The lowest BCUT2D eigenvalue weighted by molar-refractivity contribution is 0.289. The fourth-order valence-corrected chi connectivity index (χ4v) is 1.95. The van der Waals surface area contributed by atoms with Crippen LogP contribution in [0.1, 0.15) is 11.3 Å². The maximum atomic E-state index is 9.00. The molecular formula is C17H12N2O2. The van der Waals surface area contributed by atoms with Gasteiger partial charge in [0.25, 0.3) is 0 Å². The minimum absolute atomic E-state index is 0.259. The van der Waals surface area contributed by atoms with Crippen LogP contribution in [0.2, 0.25) is 0 Å². The molecule has 0 aliphatic rings. The predicted molar refractivity (Wildman–Crippen MR) is 77.4 cm³/mol. The van der Waals surface area contributed by atoms with Crippen molar-refractivity contribution in [2.24, 2.45) is 0 Å². The lowest BCUT2D eigenvalue weighted by atomic mass is 10.2. The molecule has 0 amide bonds. The van der Waals surface area contributed by atoms with Gasteiger partial charge < -0.3 is 9.26 Å². The fraction of sp³-hybridized carbons (Fsp3) is 0.0588. The van der Waals surface area contributed by atoms with E-state index in [1.165, 1.54) is 0 Å². The van der Waals surface area contributed by atoms with Crippen LogP contribution in [-0.2, 0) is 6.61 Å². The van der Waals surface area contributed by atoms with Gasteiger partial charge in [-0.05, 0) is 12.1 Å². The fourth-order valence-electron chi connectivity index (χ4n) is 1.95. The van der Waals surface area contributed by atoms with E-state index in [2.05, 4.69) is 11.2 Å². The Hall–Kier alpha value is -3.06. The Morgan fingerprint density at radius 1 is 1.05 bits per heavy atom. The van der Waals surface area contributed by atoms with E-state index >= 15 is 0 Å². The van der Waals surface area contributed by atoms with Gasteiger partial charge in [-0.2, -0.15) is 5.26 Å². The zero-order valence-electron chi connectivity index (χ0n) is 11.2. The molecule has 4 heteroatoms. The summed E-state index contributed by atoms with van der Waals surface area (Å²) in [5.41, 5.74) is 2.15. The van der Waals surface area contributed by atoms with Gasteiger partial charge in [-0.15, -0.1) is 0 Å². The highest BCUT2D eigenvalue weighted by atomic mass is 16.5. The second kappa shape index (κ2) is 5.93. The molecule has 0 atom stereocenters.